The van der Waals surface area contributed by atoms with Crippen molar-refractivity contribution in [3.63, 3.8) is 0 Å². The maximum absolute atomic E-state index is 13.1. The molecule has 0 aliphatic heterocycles. The molecule has 0 radical (unpaired) electrons. The van der Waals surface area contributed by atoms with Gasteiger partial charge < -0.3 is 20.4 Å². The van der Waals surface area contributed by atoms with Crippen LogP contribution < -0.4 is 0 Å². The molecule has 0 fully saturated rings. The zero-order valence-electron chi connectivity index (χ0n) is 23.8. The summed E-state index contributed by atoms with van der Waals surface area (Å²) in [5.74, 6) is -3.76. The summed E-state index contributed by atoms with van der Waals surface area (Å²) in [7, 11) is 0. The minimum absolute atomic E-state index is 0.0429. The highest BCUT2D eigenvalue weighted by atomic mass is 16.4. The summed E-state index contributed by atoms with van der Waals surface area (Å²) in [6.45, 7) is 0. The first-order valence-corrected chi connectivity index (χ1v) is 14.6. The van der Waals surface area contributed by atoms with Gasteiger partial charge in [-0.05, 0) is 56.1 Å². The predicted molar refractivity (Wildman–Crippen MR) is 156 cm³/mol. The van der Waals surface area contributed by atoms with E-state index < -0.39 is 34.7 Å². The van der Waals surface area contributed by atoms with Gasteiger partial charge in [-0.3, -0.25) is 19.2 Å². The lowest BCUT2D eigenvalue weighted by Crippen LogP contribution is -2.44. The Bertz CT molecular complexity index is 1010. The van der Waals surface area contributed by atoms with E-state index >= 15 is 0 Å². The minimum Gasteiger partial charge on any atom is -0.481 e. The number of carbonyl (C=O) groups is 4. The van der Waals surface area contributed by atoms with Gasteiger partial charge in [0.15, 0.2) is 0 Å². The van der Waals surface area contributed by atoms with Crippen molar-refractivity contribution in [2.75, 3.05) is 0 Å². The fourth-order valence-corrected chi connectivity index (χ4v) is 5.80. The molecule has 0 spiro atoms. The van der Waals surface area contributed by atoms with E-state index in [9.17, 15) is 29.4 Å². The Kier molecular flexibility index (Phi) is 14.1. The normalized spacial score (nSPS) is 14.0. The second-order valence-corrected chi connectivity index (χ2v) is 11.3. The number of benzene rings is 2. The Hall–Kier alpha value is -3.68. The van der Waals surface area contributed by atoms with E-state index in [4.69, 9.17) is 10.2 Å². The molecule has 2 atom stereocenters. The number of hydrogen-bond donors (Lipinski definition) is 4. The number of carboxylic acid groups (broad SMARTS) is 4. The quantitative estimate of drug-likeness (QED) is 0.113. The van der Waals surface area contributed by atoms with Crippen LogP contribution in [0.25, 0.3) is 0 Å². The molecular formula is C33H44O8. The van der Waals surface area contributed by atoms with Crippen LogP contribution in [0.1, 0.15) is 94.6 Å². The molecule has 2 unspecified atom stereocenters. The van der Waals surface area contributed by atoms with Crippen molar-refractivity contribution in [2.24, 2.45) is 10.8 Å². The maximum Gasteiger partial charge on any atom is 0.310 e. The van der Waals surface area contributed by atoms with Crippen LogP contribution >= 0.6 is 0 Å². The Balaban J connectivity index is 2.38. The topological polar surface area (TPSA) is 149 Å². The Morgan fingerprint density at radius 3 is 1.15 bits per heavy atom. The van der Waals surface area contributed by atoms with Crippen LogP contribution in [0.15, 0.2) is 60.7 Å². The van der Waals surface area contributed by atoms with Gasteiger partial charge in [0.05, 0.1) is 10.8 Å². The van der Waals surface area contributed by atoms with Crippen molar-refractivity contribution in [2.45, 2.75) is 96.3 Å². The Morgan fingerprint density at radius 1 is 0.488 bits per heavy atom. The van der Waals surface area contributed by atoms with Crippen LogP contribution in [0, 0.1) is 10.8 Å². The van der Waals surface area contributed by atoms with Gasteiger partial charge in [0.1, 0.15) is 0 Å². The van der Waals surface area contributed by atoms with E-state index in [0.717, 1.165) is 11.1 Å². The summed E-state index contributed by atoms with van der Waals surface area (Å²) in [5, 5.41) is 39.3. The molecule has 0 amide bonds. The van der Waals surface area contributed by atoms with Gasteiger partial charge in [0.25, 0.3) is 0 Å². The molecule has 8 nitrogen and oxygen atoms in total. The van der Waals surface area contributed by atoms with E-state index in [1.807, 2.05) is 60.7 Å². The van der Waals surface area contributed by atoms with Crippen molar-refractivity contribution in [3.05, 3.63) is 71.8 Å². The van der Waals surface area contributed by atoms with Crippen molar-refractivity contribution >= 4 is 23.9 Å². The van der Waals surface area contributed by atoms with E-state index in [-0.39, 0.29) is 44.9 Å². The third kappa shape index (κ3) is 11.8. The van der Waals surface area contributed by atoms with Crippen molar-refractivity contribution in [1.29, 1.82) is 0 Å². The van der Waals surface area contributed by atoms with E-state index in [2.05, 4.69) is 0 Å². The lowest BCUT2D eigenvalue weighted by Gasteiger charge is -2.40. The third-order valence-corrected chi connectivity index (χ3v) is 7.95. The molecule has 0 saturated heterocycles. The number of aliphatic carboxylic acids is 4. The SMILES string of the molecule is O=C(O)CCCCCCC(Cc1ccccc1)(CC(CCCCCCC(=O)O)(Cc1ccccc1)C(=O)O)C(=O)O. The first kappa shape index (κ1) is 33.5. The van der Waals surface area contributed by atoms with Crippen molar-refractivity contribution in [3.8, 4) is 0 Å². The molecule has 2 rings (SSSR count). The molecule has 4 N–H and O–H groups in total. The highest BCUT2D eigenvalue weighted by Crippen LogP contribution is 2.46. The largest absolute Gasteiger partial charge is 0.481 e. The Labute approximate surface area is 242 Å². The molecule has 2 aromatic carbocycles. The summed E-state index contributed by atoms with van der Waals surface area (Å²) >= 11 is 0. The zero-order chi connectivity index (χ0) is 30.1. The van der Waals surface area contributed by atoms with Gasteiger partial charge in [-0.2, -0.15) is 0 Å². The number of rotatable bonds is 22. The van der Waals surface area contributed by atoms with E-state index in [1.54, 1.807) is 0 Å². The molecule has 8 heteroatoms. The van der Waals surface area contributed by atoms with Crippen molar-refractivity contribution < 1.29 is 39.6 Å². The van der Waals surface area contributed by atoms with Gasteiger partial charge in [-0.25, -0.2) is 0 Å². The fraction of sp³-hybridized carbons (Fsp3) is 0.515. The number of hydrogen-bond acceptors (Lipinski definition) is 4. The summed E-state index contributed by atoms with van der Waals surface area (Å²) < 4.78 is 0. The first-order chi connectivity index (χ1) is 19.6. The molecule has 0 aromatic heterocycles. The molecular weight excluding hydrogens is 524 g/mol. The highest BCUT2D eigenvalue weighted by Gasteiger charge is 2.49. The van der Waals surface area contributed by atoms with Crippen LogP contribution in [0.2, 0.25) is 0 Å². The van der Waals surface area contributed by atoms with Crippen LogP contribution in [0.4, 0.5) is 0 Å². The second kappa shape index (κ2) is 17.2. The molecule has 41 heavy (non-hydrogen) atoms. The van der Waals surface area contributed by atoms with Crippen LogP contribution in [-0.2, 0) is 32.0 Å². The number of carboxylic acids is 4. The van der Waals surface area contributed by atoms with Gasteiger partial charge in [0.2, 0.25) is 0 Å². The van der Waals surface area contributed by atoms with Gasteiger partial charge in [0, 0.05) is 12.8 Å². The van der Waals surface area contributed by atoms with E-state index in [1.165, 1.54) is 0 Å². The Morgan fingerprint density at radius 2 is 0.829 bits per heavy atom. The van der Waals surface area contributed by atoms with Gasteiger partial charge in [-0.15, -0.1) is 0 Å². The summed E-state index contributed by atoms with van der Waals surface area (Å²) in [6.07, 6.45) is 5.85. The standard InChI is InChI=1S/C33H44O8/c34-28(35)19-11-1-3-13-21-32(30(38)39,23-26-15-7-5-8-16-26)25-33(31(40)41,24-27-17-9-6-10-18-27)22-14-4-2-12-20-29(36)37/h5-10,15-18H,1-4,11-14,19-25H2,(H,34,35)(H,36,37)(H,38,39)(H,40,41). The molecule has 2 aromatic rings. The second-order valence-electron chi connectivity index (χ2n) is 11.3. The fourth-order valence-electron chi connectivity index (χ4n) is 5.80. The van der Waals surface area contributed by atoms with E-state index in [0.29, 0.717) is 51.4 Å². The smallest absolute Gasteiger partial charge is 0.310 e. The average molecular weight is 569 g/mol. The molecule has 0 bridgehead atoms. The summed E-state index contributed by atoms with van der Waals surface area (Å²) in [5.41, 5.74) is -1.00. The molecule has 0 aliphatic rings. The average Bonchev–Trinajstić information content (AvgIpc) is 2.93. The minimum atomic E-state index is -1.33. The van der Waals surface area contributed by atoms with Gasteiger partial charge >= 0.3 is 23.9 Å². The van der Waals surface area contributed by atoms with Gasteiger partial charge in [-0.1, -0.05) is 99.2 Å². The summed E-state index contributed by atoms with van der Waals surface area (Å²) in [4.78, 5) is 48.0. The lowest BCUT2D eigenvalue weighted by atomic mass is 9.62. The van der Waals surface area contributed by atoms with Crippen LogP contribution in [-0.4, -0.2) is 44.3 Å². The maximum atomic E-state index is 13.1. The molecule has 0 saturated carbocycles. The lowest BCUT2D eigenvalue weighted by molar-refractivity contribution is -0.159. The highest BCUT2D eigenvalue weighted by molar-refractivity contribution is 5.79. The molecule has 0 heterocycles. The third-order valence-electron chi connectivity index (χ3n) is 7.95. The monoisotopic (exact) mass is 568 g/mol. The van der Waals surface area contributed by atoms with Crippen LogP contribution in [0.3, 0.4) is 0 Å². The zero-order valence-corrected chi connectivity index (χ0v) is 23.8. The summed E-state index contributed by atoms with van der Waals surface area (Å²) in [6, 6.07) is 18.6. The molecule has 0 aliphatic carbocycles. The predicted octanol–water partition coefficient (Wildman–Crippen LogP) is 6.85. The first-order valence-electron chi connectivity index (χ1n) is 14.6. The van der Waals surface area contributed by atoms with Crippen molar-refractivity contribution in [1.82, 2.24) is 0 Å². The van der Waals surface area contributed by atoms with Crippen LogP contribution in [0.5, 0.6) is 0 Å². The number of unbranched alkanes of at least 4 members (excludes halogenated alkanes) is 6. The molecule has 224 valence electrons.